The number of sulfonamides is 1. The number of benzene rings is 1. The molecule has 2 aromatic heterocycles. The lowest BCUT2D eigenvalue weighted by Crippen LogP contribution is -2.24. The molecule has 24 heavy (non-hydrogen) atoms. The minimum atomic E-state index is -3.40. The number of nitrogens with one attached hydrogen (secondary N) is 1. The van der Waals surface area contributed by atoms with Crippen LogP contribution in [0.25, 0.3) is 11.4 Å². The van der Waals surface area contributed by atoms with Gasteiger partial charge < -0.3 is 0 Å². The van der Waals surface area contributed by atoms with Crippen LogP contribution in [0.2, 0.25) is 0 Å². The van der Waals surface area contributed by atoms with Crippen molar-refractivity contribution >= 4 is 21.4 Å². The molecule has 0 fully saturated rings. The van der Waals surface area contributed by atoms with E-state index in [1.807, 2.05) is 54.8 Å². The lowest BCUT2D eigenvalue weighted by atomic mass is 10.2. The van der Waals surface area contributed by atoms with Gasteiger partial charge in [0.15, 0.2) is 0 Å². The fourth-order valence-corrected chi connectivity index (χ4v) is 4.16. The number of hydrogen-bond donors (Lipinski definition) is 1. The normalized spacial score (nSPS) is 11.5. The molecular weight excluding hydrogens is 342 g/mol. The number of hydrogen-bond acceptors (Lipinski definition) is 5. The first-order chi connectivity index (χ1) is 11.5. The molecule has 0 aliphatic heterocycles. The Bertz CT molecular complexity index is 922. The first kappa shape index (κ1) is 16.8. The maximum atomic E-state index is 12.2. The Balaban J connectivity index is 1.64. The first-order valence-corrected chi connectivity index (χ1v) is 9.94. The third-order valence-electron chi connectivity index (χ3n) is 3.36. The fraction of sp³-hybridized carbons (Fsp3) is 0.176. The molecule has 7 heteroatoms. The van der Waals surface area contributed by atoms with Gasteiger partial charge in [0, 0.05) is 11.6 Å². The molecule has 1 N–H and O–H groups in total. The van der Waals surface area contributed by atoms with E-state index in [0.717, 1.165) is 22.5 Å². The summed E-state index contributed by atoms with van der Waals surface area (Å²) in [6.07, 6.45) is 1.71. The zero-order valence-corrected chi connectivity index (χ0v) is 14.8. The lowest BCUT2D eigenvalue weighted by Gasteiger charge is -2.06. The minimum Gasteiger partial charge on any atom is -0.255 e. The van der Waals surface area contributed by atoms with Crippen LogP contribution in [-0.4, -0.2) is 18.4 Å². The Labute approximate surface area is 145 Å². The average molecular weight is 359 g/mol. The van der Waals surface area contributed by atoms with Crippen LogP contribution in [0.3, 0.4) is 0 Å². The first-order valence-electron chi connectivity index (χ1n) is 7.40. The van der Waals surface area contributed by atoms with Crippen molar-refractivity contribution in [2.45, 2.75) is 19.2 Å². The van der Waals surface area contributed by atoms with E-state index >= 15 is 0 Å². The van der Waals surface area contributed by atoms with E-state index < -0.39 is 10.0 Å². The van der Waals surface area contributed by atoms with Crippen molar-refractivity contribution in [3.8, 4) is 11.4 Å². The monoisotopic (exact) mass is 359 g/mol. The second kappa shape index (κ2) is 7.21. The second-order valence-corrected chi connectivity index (χ2v) is 8.16. The minimum absolute atomic E-state index is 0.0346. The second-order valence-electron chi connectivity index (χ2n) is 5.41. The number of thiazole rings is 1. The summed E-state index contributed by atoms with van der Waals surface area (Å²) in [7, 11) is -3.40. The molecule has 0 radical (unpaired) electrons. The Hall–Kier alpha value is -2.09. The number of aromatic nitrogens is 2. The van der Waals surface area contributed by atoms with Crippen molar-refractivity contribution in [3.63, 3.8) is 0 Å². The van der Waals surface area contributed by atoms with Gasteiger partial charge in [0.2, 0.25) is 10.0 Å². The molecule has 0 saturated heterocycles. The van der Waals surface area contributed by atoms with Crippen LogP contribution >= 0.6 is 11.3 Å². The van der Waals surface area contributed by atoms with E-state index in [2.05, 4.69) is 14.7 Å². The van der Waals surface area contributed by atoms with Crippen LogP contribution in [0.5, 0.6) is 0 Å². The van der Waals surface area contributed by atoms with Crippen molar-refractivity contribution < 1.29 is 8.42 Å². The van der Waals surface area contributed by atoms with Crippen molar-refractivity contribution in [1.29, 1.82) is 0 Å². The van der Waals surface area contributed by atoms with Gasteiger partial charge >= 0.3 is 0 Å². The van der Waals surface area contributed by atoms with Gasteiger partial charge in [-0.25, -0.2) is 18.1 Å². The van der Waals surface area contributed by atoms with Crippen molar-refractivity contribution in [2.24, 2.45) is 0 Å². The highest BCUT2D eigenvalue weighted by Crippen LogP contribution is 2.19. The Morgan fingerprint density at radius 3 is 2.75 bits per heavy atom. The van der Waals surface area contributed by atoms with Crippen LogP contribution in [0, 0.1) is 6.92 Å². The zero-order chi connectivity index (χ0) is 17.0. The van der Waals surface area contributed by atoms with Crippen LogP contribution in [0.1, 0.15) is 16.1 Å². The van der Waals surface area contributed by atoms with Gasteiger partial charge in [0.05, 0.1) is 23.7 Å². The molecule has 0 aliphatic carbocycles. The maximum absolute atomic E-state index is 12.2. The van der Waals surface area contributed by atoms with Crippen LogP contribution in [0.4, 0.5) is 0 Å². The SMILES string of the molecule is Cc1cccc(CS(=O)(=O)NCc2nc(-c3ccccn3)cs2)c1. The predicted molar refractivity (Wildman–Crippen MR) is 96.0 cm³/mol. The number of nitrogens with zero attached hydrogens (tertiary/aromatic N) is 2. The van der Waals surface area contributed by atoms with E-state index in [4.69, 9.17) is 0 Å². The molecule has 3 rings (SSSR count). The number of rotatable bonds is 6. The summed E-state index contributed by atoms with van der Waals surface area (Å²) in [5, 5.41) is 2.59. The maximum Gasteiger partial charge on any atom is 0.216 e. The average Bonchev–Trinajstić information content (AvgIpc) is 3.03. The van der Waals surface area contributed by atoms with Crippen molar-refractivity contribution in [2.75, 3.05) is 0 Å². The molecule has 1 aromatic carbocycles. The van der Waals surface area contributed by atoms with Gasteiger partial charge in [-0.1, -0.05) is 35.9 Å². The third-order valence-corrected chi connectivity index (χ3v) is 5.51. The number of aryl methyl sites for hydroxylation is 1. The summed E-state index contributed by atoms with van der Waals surface area (Å²) >= 11 is 1.42. The highest BCUT2D eigenvalue weighted by molar-refractivity contribution is 7.88. The topological polar surface area (TPSA) is 72.0 Å². The van der Waals surface area contributed by atoms with Gasteiger partial charge in [0.1, 0.15) is 5.01 Å². The molecule has 0 bridgehead atoms. The Kier molecular flexibility index (Phi) is 5.03. The molecule has 0 spiro atoms. The molecule has 0 amide bonds. The van der Waals surface area contributed by atoms with E-state index in [0.29, 0.717) is 5.01 Å². The Morgan fingerprint density at radius 2 is 2.00 bits per heavy atom. The molecule has 0 atom stereocenters. The molecule has 0 aliphatic rings. The van der Waals surface area contributed by atoms with Crippen molar-refractivity contribution in [1.82, 2.24) is 14.7 Å². The molecule has 0 unspecified atom stereocenters. The molecular formula is C17H17N3O2S2. The van der Waals surface area contributed by atoms with Gasteiger partial charge in [-0.05, 0) is 24.6 Å². The molecule has 2 heterocycles. The van der Waals surface area contributed by atoms with Crippen LogP contribution in [-0.2, 0) is 22.3 Å². The van der Waals surface area contributed by atoms with Crippen LogP contribution < -0.4 is 4.72 Å². The zero-order valence-electron chi connectivity index (χ0n) is 13.1. The smallest absolute Gasteiger partial charge is 0.216 e. The summed E-state index contributed by atoms with van der Waals surface area (Å²) < 4.78 is 27.0. The van der Waals surface area contributed by atoms with E-state index in [-0.39, 0.29) is 12.3 Å². The summed E-state index contributed by atoms with van der Waals surface area (Å²) in [4.78, 5) is 8.67. The van der Waals surface area contributed by atoms with E-state index in [1.54, 1.807) is 6.20 Å². The van der Waals surface area contributed by atoms with Gasteiger partial charge in [-0.15, -0.1) is 11.3 Å². The lowest BCUT2D eigenvalue weighted by molar-refractivity contribution is 0.580. The molecule has 124 valence electrons. The molecule has 3 aromatic rings. The van der Waals surface area contributed by atoms with E-state index in [9.17, 15) is 8.42 Å². The van der Waals surface area contributed by atoms with Gasteiger partial charge in [-0.2, -0.15) is 0 Å². The third kappa shape index (κ3) is 4.47. The summed E-state index contributed by atoms with van der Waals surface area (Å²) in [5.74, 6) is -0.0346. The quantitative estimate of drug-likeness (QED) is 0.734. The molecule has 5 nitrogen and oxygen atoms in total. The standard InChI is InChI=1S/C17H17N3O2S2/c1-13-5-4-6-14(9-13)12-24(21,22)19-10-17-20-16(11-23-17)15-7-2-3-8-18-15/h2-9,11,19H,10,12H2,1H3. The molecule has 0 saturated carbocycles. The highest BCUT2D eigenvalue weighted by atomic mass is 32.2. The predicted octanol–water partition coefficient (Wildman–Crippen LogP) is 3.13. The van der Waals surface area contributed by atoms with Gasteiger partial charge in [0.25, 0.3) is 0 Å². The summed E-state index contributed by atoms with van der Waals surface area (Å²) in [6.45, 7) is 2.13. The van der Waals surface area contributed by atoms with Crippen molar-refractivity contribution in [3.05, 3.63) is 70.2 Å². The largest absolute Gasteiger partial charge is 0.255 e. The summed E-state index contributed by atoms with van der Waals surface area (Å²) in [6, 6.07) is 13.1. The number of pyridine rings is 1. The van der Waals surface area contributed by atoms with E-state index in [1.165, 1.54) is 11.3 Å². The highest BCUT2D eigenvalue weighted by Gasteiger charge is 2.13. The summed E-state index contributed by atoms with van der Waals surface area (Å²) in [5.41, 5.74) is 3.36. The van der Waals surface area contributed by atoms with Crippen LogP contribution in [0.15, 0.2) is 54.0 Å². The fourth-order valence-electron chi connectivity index (χ4n) is 2.27. The Morgan fingerprint density at radius 1 is 1.12 bits per heavy atom. The van der Waals surface area contributed by atoms with Gasteiger partial charge in [-0.3, -0.25) is 4.98 Å².